The van der Waals surface area contributed by atoms with Crippen LogP contribution in [0.25, 0.3) is 0 Å². The minimum Gasteiger partial charge on any atom is -0.396 e. The van der Waals surface area contributed by atoms with Gasteiger partial charge in [0.15, 0.2) is 18.9 Å². The second-order valence-electron chi connectivity index (χ2n) is 8.12. The minimum atomic E-state index is -0.377. The standard InChI is InChI=1S/C21H38O7/c1-23-21(24-2)20-15(8-7-11-22)16(27-18-9-3-5-12-25-18)14-17(20)28-19-10-4-6-13-26-19/h15-22H,3-14H2,1-2H3/t15-,16-,17+,18?,19?,20+/m1/s1. The molecule has 0 aromatic carbocycles. The lowest BCUT2D eigenvalue weighted by atomic mass is 9.88. The van der Waals surface area contributed by atoms with E-state index in [9.17, 15) is 5.11 Å². The Labute approximate surface area is 168 Å². The van der Waals surface area contributed by atoms with Gasteiger partial charge in [-0.3, -0.25) is 0 Å². The Bertz CT molecular complexity index is 419. The quantitative estimate of drug-likeness (QED) is 0.563. The van der Waals surface area contributed by atoms with Crippen molar-refractivity contribution in [1.29, 1.82) is 0 Å². The van der Waals surface area contributed by atoms with Crippen LogP contribution >= 0.6 is 0 Å². The molecule has 7 nitrogen and oxygen atoms in total. The molecule has 0 radical (unpaired) electrons. The highest BCUT2D eigenvalue weighted by atomic mass is 16.7. The fourth-order valence-corrected chi connectivity index (χ4v) is 4.91. The third-order valence-electron chi connectivity index (χ3n) is 6.27. The van der Waals surface area contributed by atoms with Crippen LogP contribution in [0, 0.1) is 11.8 Å². The summed E-state index contributed by atoms with van der Waals surface area (Å²) in [5.74, 6) is 0.205. The van der Waals surface area contributed by atoms with E-state index in [1.54, 1.807) is 14.2 Å². The fraction of sp³-hybridized carbons (Fsp3) is 1.00. The Kier molecular flexibility index (Phi) is 9.43. The topological polar surface area (TPSA) is 75.6 Å². The zero-order valence-corrected chi connectivity index (χ0v) is 17.4. The van der Waals surface area contributed by atoms with Crippen molar-refractivity contribution in [2.24, 2.45) is 11.8 Å². The summed E-state index contributed by atoms with van der Waals surface area (Å²) in [5, 5.41) is 9.42. The first-order chi connectivity index (χ1) is 13.8. The number of ether oxygens (including phenoxy) is 6. The van der Waals surface area contributed by atoms with Crippen molar-refractivity contribution in [3.8, 4) is 0 Å². The monoisotopic (exact) mass is 402 g/mol. The lowest BCUT2D eigenvalue weighted by Gasteiger charge is -2.34. The molecular formula is C21H38O7. The molecule has 2 saturated heterocycles. The molecule has 1 N–H and O–H groups in total. The van der Waals surface area contributed by atoms with Gasteiger partial charge in [-0.1, -0.05) is 0 Å². The molecule has 28 heavy (non-hydrogen) atoms. The molecule has 3 fully saturated rings. The van der Waals surface area contributed by atoms with Gasteiger partial charge in [-0.2, -0.15) is 0 Å². The molecule has 2 heterocycles. The lowest BCUT2D eigenvalue weighted by molar-refractivity contribution is -0.227. The van der Waals surface area contributed by atoms with Crippen LogP contribution in [0.2, 0.25) is 0 Å². The molecule has 0 aromatic heterocycles. The zero-order valence-electron chi connectivity index (χ0n) is 17.4. The van der Waals surface area contributed by atoms with E-state index in [2.05, 4.69) is 0 Å². The average Bonchev–Trinajstić information content (AvgIpc) is 3.05. The van der Waals surface area contributed by atoms with Crippen LogP contribution in [0.1, 0.15) is 57.8 Å². The third kappa shape index (κ3) is 5.88. The van der Waals surface area contributed by atoms with Gasteiger partial charge >= 0.3 is 0 Å². The number of rotatable bonds is 10. The first-order valence-electron chi connectivity index (χ1n) is 11.0. The number of hydrogen-bond acceptors (Lipinski definition) is 7. The summed E-state index contributed by atoms with van der Waals surface area (Å²) in [5.41, 5.74) is 0. The zero-order chi connectivity index (χ0) is 19.8. The van der Waals surface area contributed by atoms with E-state index >= 15 is 0 Å². The summed E-state index contributed by atoms with van der Waals surface area (Å²) in [6, 6.07) is 0. The van der Waals surface area contributed by atoms with Crippen LogP contribution in [-0.2, 0) is 28.4 Å². The van der Waals surface area contributed by atoms with Gasteiger partial charge in [0.25, 0.3) is 0 Å². The second-order valence-corrected chi connectivity index (χ2v) is 8.12. The van der Waals surface area contributed by atoms with Crippen LogP contribution in [0.4, 0.5) is 0 Å². The lowest BCUT2D eigenvalue weighted by Crippen LogP contribution is -2.40. The van der Waals surface area contributed by atoms with E-state index in [1.165, 1.54) is 0 Å². The van der Waals surface area contributed by atoms with E-state index in [1.807, 2.05) is 0 Å². The molecule has 3 aliphatic rings. The number of hydrogen-bond donors (Lipinski definition) is 1. The first-order valence-corrected chi connectivity index (χ1v) is 11.0. The van der Waals surface area contributed by atoms with Crippen LogP contribution in [0.15, 0.2) is 0 Å². The molecule has 0 aromatic rings. The van der Waals surface area contributed by atoms with Crippen LogP contribution in [-0.4, -0.2) is 70.2 Å². The van der Waals surface area contributed by atoms with Gasteiger partial charge < -0.3 is 33.5 Å². The Balaban J connectivity index is 1.73. The van der Waals surface area contributed by atoms with Gasteiger partial charge in [-0.15, -0.1) is 0 Å². The molecule has 0 spiro atoms. The van der Waals surface area contributed by atoms with Crippen molar-refractivity contribution >= 4 is 0 Å². The minimum absolute atomic E-state index is 0.000963. The number of methoxy groups -OCH3 is 2. The van der Waals surface area contributed by atoms with Crippen molar-refractivity contribution < 1.29 is 33.5 Å². The molecule has 0 bridgehead atoms. The molecule has 2 aliphatic heterocycles. The molecular weight excluding hydrogens is 364 g/mol. The maximum absolute atomic E-state index is 9.42. The van der Waals surface area contributed by atoms with Crippen molar-refractivity contribution in [1.82, 2.24) is 0 Å². The van der Waals surface area contributed by atoms with Crippen molar-refractivity contribution in [2.45, 2.75) is 88.9 Å². The van der Waals surface area contributed by atoms with Crippen molar-refractivity contribution in [2.75, 3.05) is 34.0 Å². The summed E-state index contributed by atoms with van der Waals surface area (Å²) < 4.78 is 35.8. The molecule has 3 rings (SSSR count). The molecule has 1 saturated carbocycles. The van der Waals surface area contributed by atoms with E-state index in [0.29, 0.717) is 0 Å². The van der Waals surface area contributed by atoms with E-state index in [0.717, 1.165) is 71.0 Å². The Morgan fingerprint density at radius 1 is 0.893 bits per heavy atom. The normalized spacial score (nSPS) is 36.9. The van der Waals surface area contributed by atoms with Crippen LogP contribution in [0.5, 0.6) is 0 Å². The molecule has 6 atom stereocenters. The maximum atomic E-state index is 9.42. The molecule has 164 valence electrons. The smallest absolute Gasteiger partial charge is 0.162 e. The highest BCUT2D eigenvalue weighted by Gasteiger charge is 2.50. The first kappa shape index (κ1) is 22.4. The second kappa shape index (κ2) is 11.8. The highest BCUT2D eigenvalue weighted by molar-refractivity contribution is 4.95. The Hall–Kier alpha value is -0.280. The molecule has 7 heteroatoms. The summed E-state index contributed by atoms with van der Waals surface area (Å²) >= 11 is 0. The SMILES string of the molecule is COC(OC)[C@H]1[C@H](CCCO)[C@H](OC2CCCCO2)C[C@@H]1OC1CCCCO1. The summed E-state index contributed by atoms with van der Waals surface area (Å²) in [7, 11) is 3.34. The van der Waals surface area contributed by atoms with Crippen molar-refractivity contribution in [3.05, 3.63) is 0 Å². The van der Waals surface area contributed by atoms with E-state index in [4.69, 9.17) is 28.4 Å². The molecule has 0 amide bonds. The van der Waals surface area contributed by atoms with Gasteiger partial charge in [0.05, 0.1) is 12.2 Å². The maximum Gasteiger partial charge on any atom is 0.162 e. The van der Waals surface area contributed by atoms with Gasteiger partial charge in [-0.05, 0) is 57.3 Å². The van der Waals surface area contributed by atoms with Crippen molar-refractivity contribution in [3.63, 3.8) is 0 Å². The van der Waals surface area contributed by atoms with Crippen LogP contribution < -0.4 is 0 Å². The predicted molar refractivity (Wildman–Crippen MR) is 103 cm³/mol. The summed E-state index contributed by atoms with van der Waals surface area (Å²) in [6.07, 6.45) is 7.89. The number of aliphatic hydroxyl groups excluding tert-OH is 1. The molecule has 1 aliphatic carbocycles. The van der Waals surface area contributed by atoms with Gasteiger partial charge in [0, 0.05) is 46.4 Å². The largest absolute Gasteiger partial charge is 0.396 e. The van der Waals surface area contributed by atoms with Gasteiger partial charge in [0.1, 0.15) is 0 Å². The fourth-order valence-electron chi connectivity index (χ4n) is 4.91. The summed E-state index contributed by atoms with van der Waals surface area (Å²) in [6.45, 7) is 1.68. The van der Waals surface area contributed by atoms with E-state index < -0.39 is 0 Å². The van der Waals surface area contributed by atoms with Gasteiger partial charge in [0.2, 0.25) is 0 Å². The van der Waals surface area contributed by atoms with Crippen LogP contribution in [0.3, 0.4) is 0 Å². The Morgan fingerprint density at radius 3 is 2.00 bits per heavy atom. The number of aliphatic hydroxyl groups is 1. The predicted octanol–water partition coefficient (Wildman–Crippen LogP) is 2.84. The third-order valence-corrected chi connectivity index (χ3v) is 6.27. The average molecular weight is 403 g/mol. The molecule has 2 unspecified atom stereocenters. The van der Waals surface area contributed by atoms with Gasteiger partial charge in [-0.25, -0.2) is 0 Å². The highest BCUT2D eigenvalue weighted by Crippen LogP contribution is 2.44. The Morgan fingerprint density at radius 2 is 1.50 bits per heavy atom. The van der Waals surface area contributed by atoms with E-state index in [-0.39, 0.29) is 49.5 Å². The summed E-state index contributed by atoms with van der Waals surface area (Å²) in [4.78, 5) is 0.